The summed E-state index contributed by atoms with van der Waals surface area (Å²) in [7, 11) is 0. The van der Waals surface area contributed by atoms with E-state index in [9.17, 15) is 13.2 Å². The average molecular weight is 258 g/mol. The number of halogens is 3. The van der Waals surface area contributed by atoms with E-state index < -0.39 is 5.51 Å². The van der Waals surface area contributed by atoms with Crippen LogP contribution in [0.1, 0.15) is 20.8 Å². The summed E-state index contributed by atoms with van der Waals surface area (Å²) in [4.78, 5) is 2.01. The second kappa shape index (κ2) is 6.71. The first-order chi connectivity index (χ1) is 7.20. The van der Waals surface area contributed by atoms with Crippen molar-refractivity contribution in [1.29, 1.82) is 0 Å². The first kappa shape index (κ1) is 16.1. The molecule has 0 fully saturated rings. The van der Waals surface area contributed by atoms with Crippen LogP contribution >= 0.6 is 11.8 Å². The molecule has 0 saturated carbocycles. The van der Waals surface area contributed by atoms with Crippen LogP contribution in [0.5, 0.6) is 0 Å². The van der Waals surface area contributed by atoms with Crippen molar-refractivity contribution in [3.63, 3.8) is 0 Å². The summed E-state index contributed by atoms with van der Waals surface area (Å²) in [6, 6.07) is 0. The molecule has 2 N–H and O–H groups in total. The van der Waals surface area contributed by atoms with Gasteiger partial charge in [-0.05, 0) is 30.3 Å². The monoisotopic (exact) mass is 258 g/mol. The predicted molar refractivity (Wildman–Crippen MR) is 63.5 cm³/mol. The fourth-order valence-corrected chi connectivity index (χ4v) is 1.89. The molecular formula is C10H21F3N2S. The number of nitrogens with zero attached hydrogens (tertiary/aromatic N) is 1. The second-order valence-corrected chi connectivity index (χ2v) is 5.69. The van der Waals surface area contributed by atoms with Gasteiger partial charge in [-0.15, -0.1) is 0 Å². The minimum absolute atomic E-state index is 0.0380. The number of alkyl halides is 3. The molecule has 0 radical (unpaired) electrons. The fraction of sp³-hybridized carbons (Fsp3) is 1.00. The Hall–Kier alpha value is 0.0600. The third kappa shape index (κ3) is 8.24. The van der Waals surface area contributed by atoms with Gasteiger partial charge in [-0.25, -0.2) is 0 Å². The van der Waals surface area contributed by atoms with E-state index in [1.165, 1.54) is 0 Å². The summed E-state index contributed by atoms with van der Waals surface area (Å²) < 4.78 is 35.8. The third-order valence-electron chi connectivity index (χ3n) is 2.32. The Morgan fingerprint density at radius 1 is 1.25 bits per heavy atom. The number of nitrogens with two attached hydrogens (primary N) is 1. The molecule has 98 valence electrons. The summed E-state index contributed by atoms with van der Waals surface area (Å²) in [5.41, 5.74) is 1.43. The van der Waals surface area contributed by atoms with E-state index in [4.69, 9.17) is 5.73 Å². The Bertz CT molecular complexity index is 195. The van der Waals surface area contributed by atoms with Crippen LogP contribution < -0.4 is 5.73 Å². The van der Waals surface area contributed by atoms with E-state index in [0.29, 0.717) is 13.1 Å². The molecule has 6 heteroatoms. The summed E-state index contributed by atoms with van der Waals surface area (Å²) in [5, 5.41) is 0. The average Bonchev–Trinajstić information content (AvgIpc) is 2.14. The molecule has 2 nitrogen and oxygen atoms in total. The highest BCUT2D eigenvalue weighted by atomic mass is 32.2. The Morgan fingerprint density at radius 3 is 2.19 bits per heavy atom. The molecule has 0 aliphatic carbocycles. The lowest BCUT2D eigenvalue weighted by atomic mass is 9.93. The van der Waals surface area contributed by atoms with Crippen LogP contribution in [-0.2, 0) is 0 Å². The standard InChI is InChI=1S/C10H21F3N2S/c1-4-15(8-9(2,3)7-14)5-6-16-10(11,12)13/h4-8,14H2,1-3H3. The smallest absolute Gasteiger partial charge is 0.330 e. The van der Waals surface area contributed by atoms with E-state index in [0.717, 1.165) is 13.1 Å². The SMILES string of the molecule is CCN(CCSC(F)(F)F)CC(C)(C)CN. The quantitative estimate of drug-likeness (QED) is 0.761. The van der Waals surface area contributed by atoms with Gasteiger partial charge in [0.1, 0.15) is 0 Å². The van der Waals surface area contributed by atoms with Gasteiger partial charge in [-0.1, -0.05) is 20.8 Å². The number of hydrogen-bond donors (Lipinski definition) is 1. The van der Waals surface area contributed by atoms with Gasteiger partial charge < -0.3 is 10.6 Å². The first-order valence-electron chi connectivity index (χ1n) is 5.33. The minimum atomic E-state index is -4.12. The normalized spacial score (nSPS) is 13.5. The molecule has 0 aromatic heterocycles. The number of rotatable bonds is 7. The van der Waals surface area contributed by atoms with Gasteiger partial charge in [-0.2, -0.15) is 13.2 Å². The predicted octanol–water partition coefficient (Wildman–Crippen LogP) is 2.55. The van der Waals surface area contributed by atoms with E-state index in [-0.39, 0.29) is 22.9 Å². The second-order valence-electron chi connectivity index (χ2n) is 4.53. The lowest BCUT2D eigenvalue weighted by molar-refractivity contribution is -0.0328. The molecule has 0 aliphatic heterocycles. The fourth-order valence-electron chi connectivity index (χ4n) is 1.31. The first-order valence-corrected chi connectivity index (χ1v) is 6.32. The van der Waals surface area contributed by atoms with Gasteiger partial charge in [0.15, 0.2) is 0 Å². The summed E-state index contributed by atoms with van der Waals surface area (Å²) in [6.45, 7) is 8.46. The summed E-state index contributed by atoms with van der Waals surface area (Å²) in [5.74, 6) is 0.0813. The van der Waals surface area contributed by atoms with Crippen LogP contribution in [-0.4, -0.2) is 42.3 Å². The zero-order chi connectivity index (χ0) is 12.8. The van der Waals surface area contributed by atoms with E-state index in [1.807, 2.05) is 25.7 Å². The van der Waals surface area contributed by atoms with Crippen LogP contribution in [0, 0.1) is 5.41 Å². The highest BCUT2D eigenvalue weighted by Crippen LogP contribution is 2.30. The van der Waals surface area contributed by atoms with Crippen molar-refractivity contribution in [2.45, 2.75) is 26.3 Å². The lowest BCUT2D eigenvalue weighted by Crippen LogP contribution is -2.39. The molecule has 0 aromatic carbocycles. The van der Waals surface area contributed by atoms with Crippen LogP contribution in [0.2, 0.25) is 0 Å². The Morgan fingerprint density at radius 2 is 1.81 bits per heavy atom. The zero-order valence-electron chi connectivity index (χ0n) is 10.1. The van der Waals surface area contributed by atoms with Crippen LogP contribution in [0.4, 0.5) is 13.2 Å². The van der Waals surface area contributed by atoms with Crippen molar-refractivity contribution in [3.05, 3.63) is 0 Å². The summed E-state index contributed by atoms with van der Waals surface area (Å²) >= 11 is 0.0380. The zero-order valence-corrected chi connectivity index (χ0v) is 10.9. The maximum absolute atomic E-state index is 11.9. The Labute approximate surface area is 99.7 Å². The van der Waals surface area contributed by atoms with Crippen molar-refractivity contribution in [1.82, 2.24) is 4.90 Å². The lowest BCUT2D eigenvalue weighted by Gasteiger charge is -2.30. The van der Waals surface area contributed by atoms with E-state index in [2.05, 4.69) is 0 Å². The van der Waals surface area contributed by atoms with Gasteiger partial charge in [0.25, 0.3) is 0 Å². The Kier molecular flexibility index (Phi) is 6.74. The molecule has 0 aliphatic rings. The van der Waals surface area contributed by atoms with E-state index in [1.54, 1.807) is 0 Å². The molecule has 0 spiro atoms. The molecule has 0 atom stereocenters. The van der Waals surface area contributed by atoms with Gasteiger partial charge in [-0.3, -0.25) is 0 Å². The molecular weight excluding hydrogens is 237 g/mol. The number of hydrogen-bond acceptors (Lipinski definition) is 3. The molecule has 0 saturated heterocycles. The topological polar surface area (TPSA) is 29.3 Å². The minimum Gasteiger partial charge on any atom is -0.330 e. The van der Waals surface area contributed by atoms with Crippen LogP contribution in [0.15, 0.2) is 0 Å². The molecule has 0 rings (SSSR count). The number of thioether (sulfide) groups is 1. The van der Waals surface area contributed by atoms with Crippen molar-refractivity contribution in [2.75, 3.05) is 31.9 Å². The van der Waals surface area contributed by atoms with Crippen molar-refractivity contribution in [3.8, 4) is 0 Å². The van der Waals surface area contributed by atoms with Crippen molar-refractivity contribution >= 4 is 11.8 Å². The molecule has 0 aromatic rings. The van der Waals surface area contributed by atoms with Gasteiger partial charge in [0, 0.05) is 18.8 Å². The summed E-state index contributed by atoms with van der Waals surface area (Å²) in [6.07, 6.45) is 0. The van der Waals surface area contributed by atoms with E-state index >= 15 is 0 Å². The van der Waals surface area contributed by atoms with Crippen LogP contribution in [0.3, 0.4) is 0 Å². The van der Waals surface area contributed by atoms with Crippen LogP contribution in [0.25, 0.3) is 0 Å². The Balaban J connectivity index is 3.93. The maximum Gasteiger partial charge on any atom is 0.441 e. The molecule has 0 amide bonds. The van der Waals surface area contributed by atoms with Gasteiger partial charge >= 0.3 is 5.51 Å². The maximum atomic E-state index is 11.9. The molecule has 16 heavy (non-hydrogen) atoms. The third-order valence-corrected chi connectivity index (χ3v) is 3.04. The van der Waals surface area contributed by atoms with Gasteiger partial charge in [0.2, 0.25) is 0 Å². The molecule has 0 bridgehead atoms. The molecule has 0 unspecified atom stereocenters. The van der Waals surface area contributed by atoms with Crippen molar-refractivity contribution in [2.24, 2.45) is 11.1 Å². The highest BCUT2D eigenvalue weighted by molar-refractivity contribution is 8.00. The largest absolute Gasteiger partial charge is 0.441 e. The van der Waals surface area contributed by atoms with Crippen molar-refractivity contribution < 1.29 is 13.2 Å². The van der Waals surface area contributed by atoms with Gasteiger partial charge in [0.05, 0.1) is 0 Å². The molecule has 0 heterocycles. The highest BCUT2D eigenvalue weighted by Gasteiger charge is 2.28.